The maximum atomic E-state index is 13.2. The van der Waals surface area contributed by atoms with Crippen molar-refractivity contribution in [3.05, 3.63) is 61.1 Å². The molecule has 0 aliphatic carbocycles. The first-order chi connectivity index (χ1) is 14.9. The number of esters is 1. The normalized spacial score (nSPS) is 21.4. The smallest absolute Gasteiger partial charge is 0.349 e. The quantitative estimate of drug-likeness (QED) is 0.268. The molecule has 0 radical (unpaired) electrons. The summed E-state index contributed by atoms with van der Waals surface area (Å²) in [5.41, 5.74) is -1.74. The minimum absolute atomic E-state index is 0.182. The fourth-order valence-electron chi connectivity index (χ4n) is 4.25. The zero-order valence-electron chi connectivity index (χ0n) is 17.5. The second-order valence-corrected chi connectivity index (χ2v) is 11.3. The van der Waals surface area contributed by atoms with Gasteiger partial charge in [0.1, 0.15) is 12.3 Å². The second kappa shape index (κ2) is 9.42. The van der Waals surface area contributed by atoms with Gasteiger partial charge in [-0.25, -0.2) is 4.79 Å². The molecule has 0 saturated carbocycles. The third-order valence-corrected chi connectivity index (χ3v) is 8.91. The number of ether oxygens (including phenoxy) is 1. The summed E-state index contributed by atoms with van der Waals surface area (Å²) in [6, 6.07) is 9.09. The van der Waals surface area contributed by atoms with Crippen molar-refractivity contribution >= 4 is 40.0 Å². The van der Waals surface area contributed by atoms with Crippen LogP contribution in [-0.2, 0) is 21.6 Å². The molecule has 2 atom stereocenters. The van der Waals surface area contributed by atoms with Crippen LogP contribution in [0.2, 0.25) is 0 Å². The van der Waals surface area contributed by atoms with Gasteiger partial charge in [0.15, 0.2) is 6.10 Å². The van der Waals surface area contributed by atoms with Gasteiger partial charge in [0.2, 0.25) is 5.60 Å². The van der Waals surface area contributed by atoms with Gasteiger partial charge >= 0.3 is 5.97 Å². The zero-order chi connectivity index (χ0) is 21.9. The second-order valence-electron chi connectivity index (χ2n) is 8.46. The highest BCUT2D eigenvalue weighted by atomic mass is 32.1. The Kier molecular flexibility index (Phi) is 6.83. The maximum absolute atomic E-state index is 13.2. The molecule has 1 aliphatic heterocycles. The first-order valence-corrected chi connectivity index (χ1v) is 13.1. The molecule has 3 aromatic heterocycles. The summed E-state index contributed by atoms with van der Waals surface area (Å²) in [4.78, 5) is 15.6. The number of aliphatic hydroxyl groups is 1. The van der Waals surface area contributed by atoms with Crippen molar-refractivity contribution in [1.82, 2.24) is 0 Å². The summed E-state index contributed by atoms with van der Waals surface area (Å²) < 4.78 is 6.76. The number of quaternary nitrogens is 1. The van der Waals surface area contributed by atoms with E-state index in [1.165, 1.54) is 27.6 Å². The predicted molar refractivity (Wildman–Crippen MR) is 126 cm³/mol. The highest BCUT2D eigenvalue weighted by molar-refractivity contribution is 7.12. The fourth-order valence-corrected chi connectivity index (χ4v) is 6.76. The molecule has 31 heavy (non-hydrogen) atoms. The largest absolute Gasteiger partial charge is 0.507 e. The van der Waals surface area contributed by atoms with Gasteiger partial charge in [-0.2, -0.15) is 0 Å². The number of carbonyl (C=O) groups excluding carboxylic acids is 1. The molecule has 1 fully saturated rings. The molecule has 5 nitrogen and oxygen atoms in total. The molecule has 1 unspecified atom stereocenters. The fraction of sp³-hybridized carbons (Fsp3) is 0.435. The molecule has 4 rings (SSSR count). The Labute approximate surface area is 194 Å². The van der Waals surface area contributed by atoms with Crippen LogP contribution in [0.1, 0.15) is 33.9 Å². The van der Waals surface area contributed by atoms with Crippen LogP contribution < -0.4 is 0 Å². The van der Waals surface area contributed by atoms with Gasteiger partial charge in [-0.15, -0.1) is 34.0 Å². The molecule has 8 heteroatoms. The lowest BCUT2D eigenvalue weighted by Gasteiger charge is -2.30. The summed E-state index contributed by atoms with van der Waals surface area (Å²) in [5, 5.41) is 26.4. The molecule has 3 aromatic rings. The van der Waals surface area contributed by atoms with Crippen LogP contribution in [0.3, 0.4) is 0 Å². The van der Waals surface area contributed by atoms with Gasteiger partial charge < -0.3 is 19.4 Å². The minimum atomic E-state index is -1.74. The number of rotatable bonds is 9. The van der Waals surface area contributed by atoms with Crippen molar-refractivity contribution in [2.24, 2.45) is 0 Å². The number of aromatic hydroxyl groups is 1. The van der Waals surface area contributed by atoms with Gasteiger partial charge in [0.25, 0.3) is 0 Å². The maximum Gasteiger partial charge on any atom is 0.349 e. The molecule has 1 aliphatic rings. The Balaban J connectivity index is 1.32. The summed E-state index contributed by atoms with van der Waals surface area (Å²) in [6.45, 7) is 2.77. The molecule has 166 valence electrons. The van der Waals surface area contributed by atoms with Crippen molar-refractivity contribution in [3.8, 4) is 5.75 Å². The van der Waals surface area contributed by atoms with E-state index in [4.69, 9.17) is 4.74 Å². The minimum Gasteiger partial charge on any atom is -0.507 e. The Morgan fingerprint density at radius 2 is 1.90 bits per heavy atom. The number of aryl methyl sites for hydroxylation is 1. The van der Waals surface area contributed by atoms with E-state index in [9.17, 15) is 15.0 Å². The molecule has 0 spiro atoms. The molecule has 0 bridgehead atoms. The molecule has 0 aromatic carbocycles. The SMILES string of the molecule is C[N+]1(CCCCc2cc(O)cs2)CC[C@@H](OC(=O)C(O)(c2cccs2)c2cccs2)C1. The first kappa shape index (κ1) is 22.5. The average Bonchev–Trinajstić information content (AvgIpc) is 3.53. The molecule has 4 heterocycles. The number of likely N-dealkylation sites (N-methyl/N-ethyl adjacent to an activating group) is 1. The van der Waals surface area contributed by atoms with Crippen LogP contribution in [0.15, 0.2) is 46.5 Å². The van der Waals surface area contributed by atoms with Crippen LogP contribution in [0.25, 0.3) is 0 Å². The lowest BCUT2D eigenvalue weighted by atomic mass is 10.00. The number of hydrogen-bond donors (Lipinski definition) is 2. The summed E-state index contributed by atoms with van der Waals surface area (Å²) in [6.07, 6.45) is 3.78. The first-order valence-electron chi connectivity index (χ1n) is 10.5. The Morgan fingerprint density at radius 1 is 1.19 bits per heavy atom. The lowest BCUT2D eigenvalue weighted by molar-refractivity contribution is -0.899. The van der Waals surface area contributed by atoms with Crippen LogP contribution >= 0.6 is 34.0 Å². The van der Waals surface area contributed by atoms with Crippen LogP contribution in [0, 0.1) is 0 Å². The number of carbonyl (C=O) groups is 1. The van der Waals surface area contributed by atoms with Crippen molar-refractivity contribution in [3.63, 3.8) is 0 Å². The van der Waals surface area contributed by atoms with Crippen molar-refractivity contribution < 1.29 is 24.2 Å². The lowest BCUT2D eigenvalue weighted by Crippen LogP contribution is -2.44. The van der Waals surface area contributed by atoms with Crippen LogP contribution in [-0.4, -0.2) is 53.5 Å². The number of nitrogens with zero attached hydrogens (tertiary/aromatic N) is 1. The van der Waals surface area contributed by atoms with Crippen LogP contribution in [0.5, 0.6) is 5.75 Å². The Bertz CT molecular complexity index is 948. The topological polar surface area (TPSA) is 66.8 Å². The third-order valence-electron chi connectivity index (χ3n) is 5.97. The Morgan fingerprint density at radius 3 is 2.48 bits per heavy atom. The van der Waals surface area contributed by atoms with E-state index in [-0.39, 0.29) is 6.10 Å². The van der Waals surface area contributed by atoms with E-state index >= 15 is 0 Å². The standard InChI is InChI=1S/C23H27NO4S3/c1-24(10-3-2-6-19-14-17(25)16-31-19)11-9-18(15-24)28-22(26)23(27,20-7-4-12-29-20)21-8-5-13-30-21/h4-5,7-8,12-14,16,18,27H,2-3,6,9-11,15H2,1H3/p+1/t18-,24?/m1/s1. The van der Waals surface area contributed by atoms with Gasteiger partial charge in [-0.05, 0) is 48.2 Å². The van der Waals surface area contributed by atoms with E-state index in [0.29, 0.717) is 15.5 Å². The highest BCUT2D eigenvalue weighted by Crippen LogP contribution is 2.37. The van der Waals surface area contributed by atoms with Gasteiger partial charge in [0.05, 0.1) is 29.9 Å². The predicted octanol–water partition coefficient (Wildman–Crippen LogP) is 4.60. The van der Waals surface area contributed by atoms with E-state index in [1.807, 2.05) is 29.0 Å². The van der Waals surface area contributed by atoms with Crippen molar-refractivity contribution in [1.29, 1.82) is 0 Å². The van der Waals surface area contributed by atoms with Crippen molar-refractivity contribution in [2.75, 3.05) is 26.7 Å². The number of unbranched alkanes of at least 4 members (excludes halogenated alkanes) is 1. The summed E-state index contributed by atoms with van der Waals surface area (Å²) >= 11 is 4.33. The average molecular weight is 479 g/mol. The van der Waals surface area contributed by atoms with E-state index in [2.05, 4.69) is 7.05 Å². The molecular formula is C23H28NO4S3+. The van der Waals surface area contributed by atoms with Gasteiger partial charge in [-0.1, -0.05) is 12.1 Å². The zero-order valence-corrected chi connectivity index (χ0v) is 20.0. The van der Waals surface area contributed by atoms with Gasteiger partial charge in [0, 0.05) is 16.7 Å². The number of hydrogen-bond acceptors (Lipinski definition) is 7. The highest BCUT2D eigenvalue weighted by Gasteiger charge is 2.46. The summed E-state index contributed by atoms with van der Waals surface area (Å²) in [5.74, 6) is -0.221. The molecular weight excluding hydrogens is 450 g/mol. The molecule has 0 amide bonds. The van der Waals surface area contributed by atoms with Crippen LogP contribution in [0.4, 0.5) is 0 Å². The molecule has 1 saturated heterocycles. The number of thiophene rings is 3. The third kappa shape index (κ3) is 5.04. The Hall–Kier alpha value is -1.71. The molecule has 2 N–H and O–H groups in total. The van der Waals surface area contributed by atoms with Gasteiger partial charge in [-0.3, -0.25) is 0 Å². The van der Waals surface area contributed by atoms with E-state index in [1.54, 1.807) is 28.8 Å². The monoisotopic (exact) mass is 478 g/mol. The van der Waals surface area contributed by atoms with E-state index < -0.39 is 11.6 Å². The van der Waals surface area contributed by atoms with Crippen molar-refractivity contribution in [2.45, 2.75) is 37.4 Å². The van der Waals surface area contributed by atoms with E-state index in [0.717, 1.165) is 49.8 Å². The summed E-state index contributed by atoms with van der Waals surface area (Å²) in [7, 11) is 2.22. The number of likely N-dealkylation sites (tertiary alicyclic amines) is 1.